The molecule has 13 heavy (non-hydrogen) atoms. The van der Waals surface area contributed by atoms with E-state index >= 15 is 0 Å². The Bertz CT molecular complexity index is 166. The van der Waals surface area contributed by atoms with E-state index in [9.17, 15) is 4.79 Å². The van der Waals surface area contributed by atoms with Gasteiger partial charge in [0.1, 0.15) is 6.61 Å². The Kier molecular flexibility index (Phi) is 4.18. The molecule has 0 unspecified atom stereocenters. The number of hydrogen-bond acceptors (Lipinski definition) is 4. The number of aliphatic hydroxyl groups excluding tert-OH is 1. The van der Waals surface area contributed by atoms with Gasteiger partial charge in [0.15, 0.2) is 0 Å². The summed E-state index contributed by atoms with van der Waals surface area (Å²) in [7, 11) is 1.75. The summed E-state index contributed by atoms with van der Waals surface area (Å²) in [6.45, 7) is -0.545. The summed E-state index contributed by atoms with van der Waals surface area (Å²) >= 11 is 0. The molecular formula is C9H17NO3. The van der Waals surface area contributed by atoms with Crippen molar-refractivity contribution >= 4 is 5.97 Å². The summed E-state index contributed by atoms with van der Waals surface area (Å²) in [4.78, 5) is 15.6. The maximum Gasteiger partial charge on any atom is 0.350 e. The molecule has 0 heterocycles. The lowest BCUT2D eigenvalue weighted by Gasteiger charge is -2.29. The number of hydrogen-bond donors (Lipinski definition) is 1. The highest BCUT2D eigenvalue weighted by atomic mass is 16.7. The molecular weight excluding hydrogens is 170 g/mol. The van der Waals surface area contributed by atoms with Crippen LogP contribution in [0.15, 0.2) is 0 Å². The van der Waals surface area contributed by atoms with Crippen LogP contribution < -0.4 is 0 Å². The number of aliphatic hydroxyl groups is 1. The van der Waals surface area contributed by atoms with Crippen LogP contribution in [-0.2, 0) is 9.63 Å². The Morgan fingerprint density at radius 2 is 2.08 bits per heavy atom. The predicted octanol–water partition coefficient (Wildman–Crippen LogP) is 0.701. The smallest absolute Gasteiger partial charge is 0.350 e. The van der Waals surface area contributed by atoms with Crippen LogP contribution in [-0.4, -0.2) is 35.8 Å². The van der Waals surface area contributed by atoms with Crippen molar-refractivity contribution < 1.29 is 14.7 Å². The van der Waals surface area contributed by atoms with E-state index in [1.807, 2.05) is 0 Å². The van der Waals surface area contributed by atoms with Gasteiger partial charge in [-0.25, -0.2) is 4.79 Å². The molecule has 0 saturated heterocycles. The second-order valence-corrected chi connectivity index (χ2v) is 3.46. The molecule has 1 rings (SSSR count). The second kappa shape index (κ2) is 5.19. The lowest BCUT2D eigenvalue weighted by molar-refractivity contribution is -0.199. The molecule has 0 radical (unpaired) electrons. The number of hydroxylamine groups is 2. The van der Waals surface area contributed by atoms with Crippen LogP contribution in [0.2, 0.25) is 0 Å². The summed E-state index contributed by atoms with van der Waals surface area (Å²) < 4.78 is 0. The summed E-state index contributed by atoms with van der Waals surface area (Å²) in [6.07, 6.45) is 5.83. The summed E-state index contributed by atoms with van der Waals surface area (Å²) in [5.74, 6) is -0.576. The molecule has 0 atom stereocenters. The van der Waals surface area contributed by atoms with Gasteiger partial charge in [0, 0.05) is 13.1 Å². The Labute approximate surface area is 78.4 Å². The van der Waals surface area contributed by atoms with Crippen molar-refractivity contribution in [2.75, 3.05) is 13.7 Å². The van der Waals surface area contributed by atoms with Crippen LogP contribution in [0.5, 0.6) is 0 Å². The highest BCUT2D eigenvalue weighted by Gasteiger charge is 2.20. The molecule has 4 nitrogen and oxygen atoms in total. The van der Waals surface area contributed by atoms with E-state index in [4.69, 9.17) is 9.94 Å². The van der Waals surface area contributed by atoms with E-state index in [1.165, 1.54) is 19.3 Å². The lowest BCUT2D eigenvalue weighted by atomic mass is 9.95. The first-order valence-corrected chi connectivity index (χ1v) is 4.78. The Morgan fingerprint density at radius 1 is 1.46 bits per heavy atom. The molecule has 76 valence electrons. The van der Waals surface area contributed by atoms with Gasteiger partial charge in [0.25, 0.3) is 0 Å². The van der Waals surface area contributed by atoms with E-state index in [0.29, 0.717) is 6.04 Å². The SMILES string of the molecule is CN(OC(=O)CO)C1CCCCC1. The van der Waals surface area contributed by atoms with Crippen LogP contribution in [0.25, 0.3) is 0 Å². The van der Waals surface area contributed by atoms with E-state index in [0.717, 1.165) is 12.8 Å². The quantitative estimate of drug-likeness (QED) is 0.661. The van der Waals surface area contributed by atoms with Gasteiger partial charge < -0.3 is 9.94 Å². The topological polar surface area (TPSA) is 49.8 Å². The highest BCUT2D eigenvalue weighted by molar-refractivity contribution is 5.69. The molecule has 0 aromatic rings. The zero-order valence-electron chi connectivity index (χ0n) is 8.03. The van der Waals surface area contributed by atoms with Crippen molar-refractivity contribution in [1.82, 2.24) is 5.06 Å². The van der Waals surface area contributed by atoms with Gasteiger partial charge in [0.05, 0.1) is 0 Å². The number of nitrogens with zero attached hydrogens (tertiary/aromatic N) is 1. The van der Waals surface area contributed by atoms with Gasteiger partial charge >= 0.3 is 5.97 Å². The first-order chi connectivity index (χ1) is 6.24. The van der Waals surface area contributed by atoms with Gasteiger partial charge in [-0.05, 0) is 12.8 Å². The van der Waals surface area contributed by atoms with Crippen LogP contribution in [0.3, 0.4) is 0 Å². The van der Waals surface area contributed by atoms with Crippen LogP contribution in [0, 0.1) is 0 Å². The molecule has 0 spiro atoms. The Morgan fingerprint density at radius 3 is 2.62 bits per heavy atom. The van der Waals surface area contributed by atoms with E-state index in [2.05, 4.69) is 0 Å². The number of carbonyl (C=O) groups is 1. The zero-order valence-corrected chi connectivity index (χ0v) is 8.03. The van der Waals surface area contributed by atoms with Gasteiger partial charge in [-0.3, -0.25) is 0 Å². The predicted molar refractivity (Wildman–Crippen MR) is 47.8 cm³/mol. The highest BCUT2D eigenvalue weighted by Crippen LogP contribution is 2.21. The molecule has 0 amide bonds. The minimum Gasteiger partial charge on any atom is -0.385 e. The third kappa shape index (κ3) is 3.32. The fourth-order valence-corrected chi connectivity index (χ4v) is 1.71. The fourth-order valence-electron chi connectivity index (χ4n) is 1.71. The lowest BCUT2D eigenvalue weighted by Crippen LogP contribution is -2.36. The minimum atomic E-state index is -0.576. The molecule has 1 saturated carbocycles. The molecule has 1 aliphatic rings. The van der Waals surface area contributed by atoms with Crippen molar-refractivity contribution in [1.29, 1.82) is 0 Å². The molecule has 0 aliphatic heterocycles. The van der Waals surface area contributed by atoms with E-state index < -0.39 is 12.6 Å². The normalized spacial score (nSPS) is 19.0. The van der Waals surface area contributed by atoms with Crippen LogP contribution in [0.1, 0.15) is 32.1 Å². The molecule has 0 aromatic carbocycles. The average Bonchev–Trinajstić information content (AvgIpc) is 2.19. The fraction of sp³-hybridized carbons (Fsp3) is 0.889. The summed E-state index contributed by atoms with van der Waals surface area (Å²) in [5, 5.41) is 10.1. The van der Waals surface area contributed by atoms with E-state index in [1.54, 1.807) is 12.1 Å². The summed E-state index contributed by atoms with van der Waals surface area (Å²) in [5.41, 5.74) is 0. The van der Waals surface area contributed by atoms with Crippen molar-refractivity contribution in [3.63, 3.8) is 0 Å². The average molecular weight is 187 g/mol. The van der Waals surface area contributed by atoms with Gasteiger partial charge in [-0.15, -0.1) is 5.06 Å². The van der Waals surface area contributed by atoms with Gasteiger partial charge in [-0.2, -0.15) is 0 Å². The van der Waals surface area contributed by atoms with Crippen molar-refractivity contribution in [3.8, 4) is 0 Å². The maximum atomic E-state index is 10.8. The van der Waals surface area contributed by atoms with Crippen molar-refractivity contribution in [3.05, 3.63) is 0 Å². The molecule has 1 fully saturated rings. The largest absolute Gasteiger partial charge is 0.385 e. The monoisotopic (exact) mass is 187 g/mol. The first-order valence-electron chi connectivity index (χ1n) is 4.78. The Hall–Kier alpha value is -0.610. The van der Waals surface area contributed by atoms with Gasteiger partial charge in [-0.1, -0.05) is 19.3 Å². The summed E-state index contributed by atoms with van der Waals surface area (Å²) in [6, 6.07) is 0.337. The van der Waals surface area contributed by atoms with E-state index in [-0.39, 0.29) is 0 Å². The second-order valence-electron chi connectivity index (χ2n) is 3.46. The zero-order chi connectivity index (χ0) is 9.68. The minimum absolute atomic E-state index is 0.337. The first kappa shape index (κ1) is 10.5. The van der Waals surface area contributed by atoms with Crippen LogP contribution in [0.4, 0.5) is 0 Å². The van der Waals surface area contributed by atoms with Crippen molar-refractivity contribution in [2.45, 2.75) is 38.1 Å². The third-order valence-corrected chi connectivity index (χ3v) is 2.46. The third-order valence-electron chi connectivity index (χ3n) is 2.46. The molecule has 1 N–H and O–H groups in total. The molecule has 1 aliphatic carbocycles. The molecule has 4 heteroatoms. The number of rotatable bonds is 3. The number of carbonyl (C=O) groups excluding carboxylic acids is 1. The molecule has 0 aromatic heterocycles. The molecule has 0 bridgehead atoms. The standard InChI is InChI=1S/C9H17NO3/c1-10(13-9(12)7-11)8-5-3-2-4-6-8/h8,11H,2-7H2,1H3. The van der Waals surface area contributed by atoms with Crippen LogP contribution >= 0.6 is 0 Å². The maximum absolute atomic E-state index is 10.8. The Balaban J connectivity index is 2.28. The van der Waals surface area contributed by atoms with Crippen molar-refractivity contribution in [2.24, 2.45) is 0 Å². The van der Waals surface area contributed by atoms with Gasteiger partial charge in [0.2, 0.25) is 0 Å².